The number of benzene rings is 2. The molecule has 96 valence electrons. The van der Waals surface area contributed by atoms with Gasteiger partial charge in [-0.15, -0.1) is 0 Å². The zero-order chi connectivity index (χ0) is 13.6. The number of ketones is 1. The van der Waals surface area contributed by atoms with Gasteiger partial charge in [-0.2, -0.15) is 0 Å². The molecular weight excluding hydrogens is 308 g/mol. The molecule has 0 aliphatic heterocycles. The topological polar surface area (TPSA) is 57.5 Å². The smallest absolute Gasteiger partial charge is 0.192 e. The van der Waals surface area contributed by atoms with E-state index in [0.717, 1.165) is 15.6 Å². The van der Waals surface area contributed by atoms with Crippen LogP contribution in [-0.4, -0.2) is 22.1 Å². The number of aromatic hydroxyl groups is 1. The van der Waals surface area contributed by atoms with Gasteiger partial charge in [-0.3, -0.25) is 4.79 Å². The number of carbonyl (C=O) groups excluding carboxylic acids is 1. The van der Waals surface area contributed by atoms with Gasteiger partial charge in [-0.1, -0.05) is 28.1 Å². The molecule has 1 aliphatic carbocycles. The Morgan fingerprint density at radius 2 is 1.74 bits per heavy atom. The fourth-order valence-electron chi connectivity index (χ4n) is 2.54. The molecule has 2 unspecified atom stereocenters. The van der Waals surface area contributed by atoms with Crippen LogP contribution in [0.15, 0.2) is 46.9 Å². The fourth-order valence-corrected chi connectivity index (χ4v) is 2.92. The normalized spacial score (nSPS) is 21.5. The Morgan fingerprint density at radius 3 is 2.42 bits per heavy atom. The summed E-state index contributed by atoms with van der Waals surface area (Å²) in [5.41, 5.74) is 2.20. The summed E-state index contributed by atoms with van der Waals surface area (Å²) in [6, 6.07) is 12.0. The van der Waals surface area contributed by atoms with Gasteiger partial charge in [0.1, 0.15) is 11.9 Å². The quantitative estimate of drug-likeness (QED) is 0.850. The summed E-state index contributed by atoms with van der Waals surface area (Å²) in [5, 5.41) is 19.5. The van der Waals surface area contributed by atoms with Crippen LogP contribution < -0.4 is 0 Å². The molecule has 2 N–H and O–H groups in total. The summed E-state index contributed by atoms with van der Waals surface area (Å²) in [6.45, 7) is 0. The predicted molar refractivity (Wildman–Crippen MR) is 74.4 cm³/mol. The van der Waals surface area contributed by atoms with Crippen LogP contribution in [0.1, 0.15) is 27.4 Å². The van der Waals surface area contributed by atoms with Crippen molar-refractivity contribution in [2.45, 2.75) is 12.0 Å². The average Bonchev–Trinajstić information content (AvgIpc) is 2.63. The molecule has 0 radical (unpaired) electrons. The largest absolute Gasteiger partial charge is 0.508 e. The first-order chi connectivity index (χ1) is 9.08. The third kappa shape index (κ3) is 1.97. The lowest BCUT2D eigenvalue weighted by Gasteiger charge is -2.15. The number of phenolic OH excluding ortho intramolecular Hbond substituents is 1. The molecule has 0 saturated carbocycles. The molecular formula is C15H11BrO3. The molecule has 3 rings (SSSR count). The first-order valence-electron chi connectivity index (χ1n) is 5.88. The van der Waals surface area contributed by atoms with Crippen molar-refractivity contribution in [1.82, 2.24) is 0 Å². The molecule has 0 aromatic heterocycles. The van der Waals surface area contributed by atoms with Crippen LogP contribution in [0.2, 0.25) is 0 Å². The number of aliphatic hydroxyl groups is 1. The van der Waals surface area contributed by atoms with Crippen molar-refractivity contribution in [2.24, 2.45) is 0 Å². The minimum atomic E-state index is -1.06. The summed E-state index contributed by atoms with van der Waals surface area (Å²) in [6.07, 6.45) is -1.06. The van der Waals surface area contributed by atoms with Gasteiger partial charge in [-0.05, 0) is 41.5 Å². The van der Waals surface area contributed by atoms with Gasteiger partial charge < -0.3 is 10.2 Å². The minimum Gasteiger partial charge on any atom is -0.508 e. The number of carbonyl (C=O) groups is 1. The van der Waals surface area contributed by atoms with Crippen LogP contribution in [-0.2, 0) is 0 Å². The number of phenols is 1. The molecule has 0 heterocycles. The number of hydrogen-bond donors (Lipinski definition) is 2. The van der Waals surface area contributed by atoms with Crippen LogP contribution in [0, 0.1) is 0 Å². The number of Topliss-reactive ketones (excluding diaryl/α,β-unsaturated/α-hetero) is 1. The van der Waals surface area contributed by atoms with E-state index in [2.05, 4.69) is 15.9 Å². The van der Waals surface area contributed by atoms with E-state index in [1.807, 2.05) is 6.07 Å². The van der Waals surface area contributed by atoms with Crippen molar-refractivity contribution in [2.75, 3.05) is 0 Å². The standard InChI is InChI=1S/C15H11BrO3/c16-9-3-6-11-12(7-9)13(15(19)14(11)18)8-1-4-10(17)5-2-8/h1-7,13,15,17,19H. The number of hydrogen-bond acceptors (Lipinski definition) is 3. The Bertz CT molecular complexity index is 649. The Morgan fingerprint density at radius 1 is 1.05 bits per heavy atom. The third-order valence-corrected chi connectivity index (χ3v) is 3.94. The maximum atomic E-state index is 12.0. The molecule has 0 saturated heterocycles. The van der Waals surface area contributed by atoms with Crippen molar-refractivity contribution < 1.29 is 15.0 Å². The molecule has 0 amide bonds. The van der Waals surface area contributed by atoms with Crippen molar-refractivity contribution >= 4 is 21.7 Å². The molecule has 2 aromatic rings. The predicted octanol–water partition coefficient (Wildman–Crippen LogP) is 2.84. The van der Waals surface area contributed by atoms with E-state index < -0.39 is 6.10 Å². The summed E-state index contributed by atoms with van der Waals surface area (Å²) in [7, 11) is 0. The SMILES string of the molecule is O=C1c2ccc(Br)cc2C(c2ccc(O)cc2)C1O. The first kappa shape index (κ1) is 12.4. The van der Waals surface area contributed by atoms with E-state index in [9.17, 15) is 15.0 Å². The average molecular weight is 319 g/mol. The molecule has 4 heteroatoms. The summed E-state index contributed by atoms with van der Waals surface area (Å²) in [5.74, 6) is -0.460. The molecule has 2 aromatic carbocycles. The molecule has 0 fully saturated rings. The lowest BCUT2D eigenvalue weighted by Crippen LogP contribution is -2.20. The molecule has 2 atom stereocenters. The maximum Gasteiger partial charge on any atom is 0.192 e. The van der Waals surface area contributed by atoms with Gasteiger partial charge in [0.15, 0.2) is 5.78 Å². The van der Waals surface area contributed by atoms with Gasteiger partial charge in [0.25, 0.3) is 0 Å². The Kier molecular flexibility index (Phi) is 2.92. The molecule has 19 heavy (non-hydrogen) atoms. The van der Waals surface area contributed by atoms with Gasteiger partial charge in [0, 0.05) is 16.0 Å². The number of aliphatic hydroxyl groups excluding tert-OH is 1. The van der Waals surface area contributed by atoms with Crippen molar-refractivity contribution in [3.05, 3.63) is 63.6 Å². The van der Waals surface area contributed by atoms with Crippen molar-refractivity contribution in [3.63, 3.8) is 0 Å². The Hall–Kier alpha value is -1.65. The third-order valence-electron chi connectivity index (χ3n) is 3.45. The summed E-state index contributed by atoms with van der Waals surface area (Å²) >= 11 is 3.38. The highest BCUT2D eigenvalue weighted by atomic mass is 79.9. The molecule has 1 aliphatic rings. The van der Waals surface area contributed by atoms with Gasteiger partial charge >= 0.3 is 0 Å². The van der Waals surface area contributed by atoms with Crippen LogP contribution in [0.25, 0.3) is 0 Å². The van der Waals surface area contributed by atoms with Crippen molar-refractivity contribution in [3.8, 4) is 5.75 Å². The second kappa shape index (κ2) is 4.47. The fraction of sp³-hybridized carbons (Fsp3) is 0.133. The van der Waals surface area contributed by atoms with Gasteiger partial charge in [0.2, 0.25) is 0 Å². The van der Waals surface area contributed by atoms with Gasteiger partial charge in [0.05, 0.1) is 0 Å². The van der Waals surface area contributed by atoms with Gasteiger partial charge in [-0.25, -0.2) is 0 Å². The molecule has 3 nitrogen and oxygen atoms in total. The van der Waals surface area contributed by atoms with Crippen LogP contribution in [0.3, 0.4) is 0 Å². The summed E-state index contributed by atoms with van der Waals surface area (Å²) < 4.78 is 0.872. The van der Waals surface area contributed by atoms with Crippen molar-refractivity contribution in [1.29, 1.82) is 0 Å². The number of rotatable bonds is 1. The first-order valence-corrected chi connectivity index (χ1v) is 6.68. The highest BCUT2D eigenvalue weighted by molar-refractivity contribution is 9.10. The zero-order valence-corrected chi connectivity index (χ0v) is 11.5. The van der Waals surface area contributed by atoms with E-state index in [0.29, 0.717) is 5.56 Å². The Balaban J connectivity index is 2.15. The van der Waals surface area contributed by atoms with E-state index in [4.69, 9.17) is 0 Å². The van der Waals surface area contributed by atoms with E-state index >= 15 is 0 Å². The highest BCUT2D eigenvalue weighted by Crippen LogP contribution is 2.39. The number of halogens is 1. The lowest BCUT2D eigenvalue weighted by atomic mass is 9.91. The van der Waals surface area contributed by atoms with E-state index in [1.54, 1.807) is 36.4 Å². The van der Waals surface area contributed by atoms with Crippen LogP contribution >= 0.6 is 15.9 Å². The maximum absolute atomic E-state index is 12.0. The second-order valence-electron chi connectivity index (χ2n) is 4.61. The van der Waals surface area contributed by atoms with E-state index in [1.165, 1.54) is 0 Å². The minimum absolute atomic E-state index is 0.164. The van der Waals surface area contributed by atoms with Crippen LogP contribution in [0.4, 0.5) is 0 Å². The summed E-state index contributed by atoms with van der Waals surface area (Å²) in [4.78, 5) is 12.0. The monoisotopic (exact) mass is 318 g/mol. The van der Waals surface area contributed by atoms with E-state index in [-0.39, 0.29) is 17.5 Å². The lowest BCUT2D eigenvalue weighted by molar-refractivity contribution is 0.0754. The zero-order valence-electron chi connectivity index (χ0n) is 9.88. The number of fused-ring (bicyclic) bond motifs is 1. The highest BCUT2D eigenvalue weighted by Gasteiger charge is 2.39. The molecule has 0 bridgehead atoms. The molecule has 0 spiro atoms. The second-order valence-corrected chi connectivity index (χ2v) is 5.53. The van der Waals surface area contributed by atoms with Crippen LogP contribution in [0.5, 0.6) is 5.75 Å². The Labute approximate surface area is 118 Å².